The van der Waals surface area contributed by atoms with Crippen molar-refractivity contribution in [2.45, 2.75) is 33.1 Å². The van der Waals surface area contributed by atoms with E-state index in [-0.39, 0.29) is 11.0 Å². The van der Waals surface area contributed by atoms with Gasteiger partial charge < -0.3 is 4.98 Å². The predicted molar refractivity (Wildman–Crippen MR) is 73.7 cm³/mol. The maximum Gasteiger partial charge on any atom is 0.251 e. The molecule has 0 radical (unpaired) electrons. The van der Waals surface area contributed by atoms with Crippen molar-refractivity contribution in [2.24, 2.45) is 0 Å². The van der Waals surface area contributed by atoms with Crippen molar-refractivity contribution in [3.63, 3.8) is 0 Å². The van der Waals surface area contributed by atoms with Gasteiger partial charge in [-0.05, 0) is 17.9 Å². The Morgan fingerprint density at radius 1 is 1.11 bits per heavy atom. The Bertz CT molecular complexity index is 604. The Balaban J connectivity index is 2.43. The van der Waals surface area contributed by atoms with E-state index in [1.54, 1.807) is 0 Å². The third-order valence-electron chi connectivity index (χ3n) is 2.89. The molecule has 18 heavy (non-hydrogen) atoms. The first kappa shape index (κ1) is 12.6. The quantitative estimate of drug-likeness (QED) is 0.835. The molecule has 1 N–H and O–H groups in total. The van der Waals surface area contributed by atoms with Gasteiger partial charge in [0.25, 0.3) is 5.56 Å². The molecule has 0 aliphatic rings. The number of hydrogen-bond donors (Lipinski definition) is 1. The summed E-state index contributed by atoms with van der Waals surface area (Å²) in [5, 5.41) is 0. The van der Waals surface area contributed by atoms with Crippen molar-refractivity contribution in [3.05, 3.63) is 51.9 Å². The highest BCUT2D eigenvalue weighted by atomic mass is 16.1. The standard InChI is InChI=1S/C15H18N2O/c1-10-9-13(18)17-14(16-10)11-5-7-12(8-6-11)15(2,3)4/h5-9H,1-4H3,(H,16,17,18). The smallest absolute Gasteiger partial charge is 0.251 e. The van der Waals surface area contributed by atoms with Gasteiger partial charge in [0.2, 0.25) is 0 Å². The highest BCUT2D eigenvalue weighted by Gasteiger charge is 2.13. The molecule has 3 heteroatoms. The Labute approximate surface area is 107 Å². The summed E-state index contributed by atoms with van der Waals surface area (Å²) in [5.74, 6) is 0.625. The summed E-state index contributed by atoms with van der Waals surface area (Å²) in [7, 11) is 0. The first-order valence-corrected chi connectivity index (χ1v) is 6.05. The van der Waals surface area contributed by atoms with E-state index in [9.17, 15) is 4.79 Å². The van der Waals surface area contributed by atoms with Crippen LogP contribution in [0.2, 0.25) is 0 Å². The van der Waals surface area contributed by atoms with Crippen LogP contribution in [-0.4, -0.2) is 9.97 Å². The summed E-state index contributed by atoms with van der Waals surface area (Å²) in [5.41, 5.74) is 2.95. The summed E-state index contributed by atoms with van der Waals surface area (Å²) in [4.78, 5) is 18.5. The van der Waals surface area contributed by atoms with Gasteiger partial charge in [0.1, 0.15) is 5.82 Å². The van der Waals surface area contributed by atoms with Gasteiger partial charge in [-0.15, -0.1) is 0 Å². The highest BCUT2D eigenvalue weighted by molar-refractivity contribution is 5.55. The van der Waals surface area contributed by atoms with E-state index in [0.29, 0.717) is 5.82 Å². The zero-order valence-corrected chi connectivity index (χ0v) is 11.2. The molecule has 0 amide bonds. The zero-order valence-electron chi connectivity index (χ0n) is 11.2. The first-order chi connectivity index (χ1) is 8.36. The third kappa shape index (κ3) is 2.67. The van der Waals surface area contributed by atoms with Crippen molar-refractivity contribution in [3.8, 4) is 11.4 Å². The fraction of sp³-hybridized carbons (Fsp3) is 0.333. The summed E-state index contributed by atoms with van der Waals surface area (Å²) in [6.07, 6.45) is 0. The Morgan fingerprint density at radius 2 is 1.72 bits per heavy atom. The van der Waals surface area contributed by atoms with E-state index in [2.05, 4.69) is 42.9 Å². The lowest BCUT2D eigenvalue weighted by Gasteiger charge is -2.19. The van der Waals surface area contributed by atoms with Crippen molar-refractivity contribution >= 4 is 0 Å². The highest BCUT2D eigenvalue weighted by Crippen LogP contribution is 2.24. The third-order valence-corrected chi connectivity index (χ3v) is 2.89. The molecular weight excluding hydrogens is 224 g/mol. The van der Waals surface area contributed by atoms with Crippen LogP contribution < -0.4 is 5.56 Å². The van der Waals surface area contributed by atoms with Gasteiger partial charge >= 0.3 is 0 Å². The second kappa shape index (κ2) is 4.41. The van der Waals surface area contributed by atoms with Gasteiger partial charge in [0.15, 0.2) is 0 Å². The number of aryl methyl sites for hydroxylation is 1. The molecule has 0 atom stereocenters. The van der Waals surface area contributed by atoms with E-state index in [0.717, 1.165) is 11.3 Å². The monoisotopic (exact) mass is 242 g/mol. The number of nitrogens with zero attached hydrogens (tertiary/aromatic N) is 1. The van der Waals surface area contributed by atoms with Gasteiger partial charge in [-0.25, -0.2) is 4.98 Å². The molecule has 0 spiro atoms. The van der Waals surface area contributed by atoms with Gasteiger partial charge in [-0.2, -0.15) is 0 Å². The Hall–Kier alpha value is -1.90. The van der Waals surface area contributed by atoms with Crippen LogP contribution in [0.4, 0.5) is 0 Å². The van der Waals surface area contributed by atoms with Crippen LogP contribution >= 0.6 is 0 Å². The summed E-state index contributed by atoms with van der Waals surface area (Å²) >= 11 is 0. The van der Waals surface area contributed by atoms with Crippen molar-refractivity contribution in [1.29, 1.82) is 0 Å². The van der Waals surface area contributed by atoms with Gasteiger partial charge in [0, 0.05) is 17.3 Å². The maximum atomic E-state index is 11.4. The SMILES string of the molecule is Cc1cc(=O)[nH]c(-c2ccc(C(C)(C)C)cc2)n1. The van der Waals surface area contributed by atoms with E-state index >= 15 is 0 Å². The van der Waals surface area contributed by atoms with E-state index in [1.807, 2.05) is 19.1 Å². The molecule has 1 aromatic heterocycles. The number of benzene rings is 1. The van der Waals surface area contributed by atoms with E-state index < -0.39 is 0 Å². The van der Waals surface area contributed by atoms with E-state index in [4.69, 9.17) is 0 Å². The first-order valence-electron chi connectivity index (χ1n) is 6.05. The molecule has 0 unspecified atom stereocenters. The van der Waals surface area contributed by atoms with E-state index in [1.165, 1.54) is 11.6 Å². The summed E-state index contributed by atoms with van der Waals surface area (Å²) in [6, 6.07) is 9.65. The molecular formula is C15H18N2O. The average Bonchev–Trinajstić information content (AvgIpc) is 2.27. The van der Waals surface area contributed by atoms with Crippen LogP contribution in [0.25, 0.3) is 11.4 Å². The molecule has 1 heterocycles. The predicted octanol–water partition coefficient (Wildman–Crippen LogP) is 3.04. The largest absolute Gasteiger partial charge is 0.307 e. The second-order valence-electron chi connectivity index (χ2n) is 5.56. The maximum absolute atomic E-state index is 11.4. The molecule has 2 aromatic rings. The number of hydrogen-bond acceptors (Lipinski definition) is 2. The van der Waals surface area contributed by atoms with Crippen LogP contribution in [0, 0.1) is 6.92 Å². The van der Waals surface area contributed by atoms with Crippen LogP contribution in [0.3, 0.4) is 0 Å². The number of rotatable bonds is 1. The minimum absolute atomic E-state index is 0.114. The van der Waals surface area contributed by atoms with Crippen LogP contribution in [0.1, 0.15) is 32.0 Å². The summed E-state index contributed by atoms with van der Waals surface area (Å²) < 4.78 is 0. The zero-order chi connectivity index (χ0) is 13.3. The minimum atomic E-state index is -0.114. The number of aromatic amines is 1. The van der Waals surface area contributed by atoms with Gasteiger partial charge in [0.05, 0.1) is 0 Å². The average molecular weight is 242 g/mol. The second-order valence-corrected chi connectivity index (χ2v) is 5.56. The molecule has 0 aliphatic carbocycles. The van der Waals surface area contributed by atoms with Gasteiger partial charge in [-0.3, -0.25) is 4.79 Å². The van der Waals surface area contributed by atoms with Crippen molar-refractivity contribution in [2.75, 3.05) is 0 Å². The number of nitrogens with one attached hydrogen (secondary N) is 1. The van der Waals surface area contributed by atoms with Crippen molar-refractivity contribution < 1.29 is 0 Å². The lowest BCUT2D eigenvalue weighted by Crippen LogP contribution is -2.11. The lowest BCUT2D eigenvalue weighted by molar-refractivity contribution is 0.590. The number of aromatic nitrogens is 2. The van der Waals surface area contributed by atoms with Crippen molar-refractivity contribution in [1.82, 2.24) is 9.97 Å². The fourth-order valence-corrected chi connectivity index (χ4v) is 1.84. The molecule has 1 aromatic carbocycles. The van der Waals surface area contributed by atoms with Crippen LogP contribution in [0.15, 0.2) is 35.1 Å². The van der Waals surface area contributed by atoms with Gasteiger partial charge in [-0.1, -0.05) is 45.0 Å². The van der Waals surface area contributed by atoms with Crippen LogP contribution in [-0.2, 0) is 5.41 Å². The Kier molecular flexibility index (Phi) is 3.07. The molecule has 0 saturated carbocycles. The molecule has 0 saturated heterocycles. The van der Waals surface area contributed by atoms with Crippen LogP contribution in [0.5, 0.6) is 0 Å². The molecule has 2 rings (SSSR count). The normalized spacial score (nSPS) is 11.6. The number of H-pyrrole nitrogens is 1. The minimum Gasteiger partial charge on any atom is -0.307 e. The molecule has 0 bridgehead atoms. The summed E-state index contributed by atoms with van der Waals surface area (Å²) in [6.45, 7) is 8.35. The molecule has 0 aliphatic heterocycles. The molecule has 3 nitrogen and oxygen atoms in total. The topological polar surface area (TPSA) is 45.8 Å². The molecule has 0 fully saturated rings. The fourth-order valence-electron chi connectivity index (χ4n) is 1.84. The lowest BCUT2D eigenvalue weighted by atomic mass is 9.87. The Morgan fingerprint density at radius 3 is 2.22 bits per heavy atom. The molecule has 94 valence electrons.